The summed E-state index contributed by atoms with van der Waals surface area (Å²) in [6.45, 7) is 5.44. The molecular formula is C21H42O3. The molecule has 144 valence electrons. The molecule has 0 rings (SSSR count). The molecule has 0 aliphatic rings. The molecule has 3 nitrogen and oxygen atoms in total. The number of unbranched alkanes of at least 4 members (excludes halogenated alkanes) is 14. The van der Waals surface area contributed by atoms with Gasteiger partial charge in [-0.05, 0) is 12.8 Å². The van der Waals surface area contributed by atoms with E-state index in [1.807, 2.05) is 0 Å². The summed E-state index contributed by atoms with van der Waals surface area (Å²) >= 11 is 0. The second-order valence-electron chi connectivity index (χ2n) is 6.90. The van der Waals surface area contributed by atoms with E-state index in [9.17, 15) is 4.79 Å². The highest BCUT2D eigenvalue weighted by molar-refractivity contribution is 5.59. The molecule has 3 heteroatoms. The van der Waals surface area contributed by atoms with Gasteiger partial charge in [-0.1, -0.05) is 104 Å². The standard InChI is InChI=1S/C21H42O3/c1-3-5-7-9-10-11-12-13-14-15-16-18-20-24-21(22)23-19-17-8-6-4-2/h3-20H2,1-2H3. The van der Waals surface area contributed by atoms with Crippen molar-refractivity contribution in [2.75, 3.05) is 13.2 Å². The zero-order chi connectivity index (χ0) is 17.7. The van der Waals surface area contributed by atoms with Crippen LogP contribution in [0.15, 0.2) is 0 Å². The van der Waals surface area contributed by atoms with E-state index < -0.39 is 6.16 Å². The Kier molecular flexibility index (Phi) is 19.7. The van der Waals surface area contributed by atoms with Gasteiger partial charge in [-0.15, -0.1) is 0 Å². The van der Waals surface area contributed by atoms with E-state index in [1.165, 1.54) is 77.0 Å². The van der Waals surface area contributed by atoms with Gasteiger partial charge in [0.15, 0.2) is 0 Å². The van der Waals surface area contributed by atoms with Crippen molar-refractivity contribution in [1.82, 2.24) is 0 Å². The average Bonchev–Trinajstić information content (AvgIpc) is 2.59. The minimum atomic E-state index is -0.491. The van der Waals surface area contributed by atoms with E-state index in [4.69, 9.17) is 9.47 Å². The van der Waals surface area contributed by atoms with E-state index in [0.717, 1.165) is 25.7 Å². The van der Waals surface area contributed by atoms with Gasteiger partial charge in [0.1, 0.15) is 0 Å². The monoisotopic (exact) mass is 342 g/mol. The normalized spacial score (nSPS) is 10.8. The molecule has 0 saturated carbocycles. The van der Waals surface area contributed by atoms with Gasteiger partial charge in [-0.25, -0.2) is 4.79 Å². The van der Waals surface area contributed by atoms with E-state index >= 15 is 0 Å². The fraction of sp³-hybridized carbons (Fsp3) is 0.952. The van der Waals surface area contributed by atoms with Crippen molar-refractivity contribution < 1.29 is 14.3 Å². The fourth-order valence-electron chi connectivity index (χ4n) is 2.82. The van der Waals surface area contributed by atoms with Crippen molar-refractivity contribution in [3.8, 4) is 0 Å². The first-order chi connectivity index (χ1) is 11.8. The molecule has 0 bridgehead atoms. The molecule has 24 heavy (non-hydrogen) atoms. The number of ether oxygens (including phenoxy) is 2. The first-order valence-electron chi connectivity index (χ1n) is 10.6. The van der Waals surface area contributed by atoms with Crippen molar-refractivity contribution in [2.45, 2.75) is 117 Å². The van der Waals surface area contributed by atoms with Crippen molar-refractivity contribution in [1.29, 1.82) is 0 Å². The average molecular weight is 343 g/mol. The maximum absolute atomic E-state index is 11.3. The predicted octanol–water partition coefficient (Wildman–Crippen LogP) is 7.42. The second kappa shape index (κ2) is 20.3. The van der Waals surface area contributed by atoms with Crippen LogP contribution in [-0.4, -0.2) is 19.4 Å². The van der Waals surface area contributed by atoms with Gasteiger partial charge in [-0.2, -0.15) is 0 Å². The first-order valence-corrected chi connectivity index (χ1v) is 10.6. The van der Waals surface area contributed by atoms with E-state index in [0.29, 0.717) is 13.2 Å². The minimum Gasteiger partial charge on any atom is -0.434 e. The number of hydrogen-bond acceptors (Lipinski definition) is 3. The number of hydrogen-bond donors (Lipinski definition) is 0. The Morgan fingerprint density at radius 1 is 0.500 bits per heavy atom. The van der Waals surface area contributed by atoms with Gasteiger partial charge in [0.2, 0.25) is 0 Å². The third kappa shape index (κ3) is 19.3. The quantitative estimate of drug-likeness (QED) is 0.192. The summed E-state index contributed by atoms with van der Waals surface area (Å²) in [6, 6.07) is 0. The first kappa shape index (κ1) is 23.3. The van der Waals surface area contributed by atoms with Gasteiger partial charge in [0.05, 0.1) is 13.2 Å². The van der Waals surface area contributed by atoms with Crippen molar-refractivity contribution >= 4 is 6.16 Å². The summed E-state index contributed by atoms with van der Waals surface area (Å²) in [6.07, 6.45) is 19.8. The SMILES string of the molecule is CCCCCCCCCCCCCCOC(=O)OCCCCCC. The third-order valence-corrected chi connectivity index (χ3v) is 4.44. The molecule has 0 amide bonds. The molecule has 0 unspecified atom stereocenters. The Labute approximate surface area is 150 Å². The maximum atomic E-state index is 11.3. The molecule has 0 heterocycles. The lowest BCUT2D eigenvalue weighted by Gasteiger charge is -2.06. The zero-order valence-electron chi connectivity index (χ0n) is 16.5. The lowest BCUT2D eigenvalue weighted by atomic mass is 10.1. The molecule has 0 aromatic rings. The van der Waals surface area contributed by atoms with Crippen LogP contribution < -0.4 is 0 Å². The molecule has 0 aromatic carbocycles. The van der Waals surface area contributed by atoms with Gasteiger partial charge >= 0.3 is 6.16 Å². The predicted molar refractivity (Wildman–Crippen MR) is 103 cm³/mol. The Bertz CT molecular complexity index is 253. The topological polar surface area (TPSA) is 35.5 Å². The highest BCUT2D eigenvalue weighted by atomic mass is 16.7. The summed E-state index contributed by atoms with van der Waals surface area (Å²) in [4.78, 5) is 11.3. The number of carbonyl (C=O) groups excluding carboxylic acids is 1. The van der Waals surface area contributed by atoms with Crippen LogP contribution >= 0.6 is 0 Å². The van der Waals surface area contributed by atoms with Crippen LogP contribution in [0, 0.1) is 0 Å². The molecule has 0 radical (unpaired) electrons. The maximum Gasteiger partial charge on any atom is 0.508 e. The molecule has 0 atom stereocenters. The summed E-state index contributed by atoms with van der Waals surface area (Å²) in [5.74, 6) is 0. The highest BCUT2D eigenvalue weighted by Gasteiger charge is 2.02. The molecular weight excluding hydrogens is 300 g/mol. The van der Waals surface area contributed by atoms with Crippen LogP contribution in [0.25, 0.3) is 0 Å². The smallest absolute Gasteiger partial charge is 0.434 e. The molecule has 0 aromatic heterocycles. The van der Waals surface area contributed by atoms with Gasteiger partial charge in [0, 0.05) is 0 Å². The summed E-state index contributed by atoms with van der Waals surface area (Å²) < 4.78 is 10.1. The lowest BCUT2D eigenvalue weighted by molar-refractivity contribution is 0.0529. The van der Waals surface area contributed by atoms with Gasteiger partial charge in [0.25, 0.3) is 0 Å². The molecule has 0 spiro atoms. The van der Waals surface area contributed by atoms with Gasteiger partial charge < -0.3 is 9.47 Å². The molecule has 0 saturated heterocycles. The molecule has 0 aliphatic carbocycles. The molecule has 0 aliphatic heterocycles. The number of rotatable bonds is 18. The highest BCUT2D eigenvalue weighted by Crippen LogP contribution is 2.12. The van der Waals surface area contributed by atoms with Crippen molar-refractivity contribution in [3.05, 3.63) is 0 Å². The Balaban J connectivity index is 3.10. The van der Waals surface area contributed by atoms with Crippen LogP contribution in [0.2, 0.25) is 0 Å². The number of carbonyl (C=O) groups is 1. The molecule has 0 N–H and O–H groups in total. The van der Waals surface area contributed by atoms with Crippen LogP contribution in [0.1, 0.15) is 117 Å². The largest absolute Gasteiger partial charge is 0.508 e. The summed E-state index contributed by atoms with van der Waals surface area (Å²) in [5, 5.41) is 0. The minimum absolute atomic E-state index is 0.491. The Morgan fingerprint density at radius 2 is 0.792 bits per heavy atom. The van der Waals surface area contributed by atoms with E-state index in [2.05, 4.69) is 13.8 Å². The van der Waals surface area contributed by atoms with E-state index in [-0.39, 0.29) is 0 Å². The van der Waals surface area contributed by atoms with Crippen LogP contribution in [0.5, 0.6) is 0 Å². The lowest BCUT2D eigenvalue weighted by Crippen LogP contribution is -2.09. The zero-order valence-corrected chi connectivity index (χ0v) is 16.5. The molecule has 0 fully saturated rings. The Morgan fingerprint density at radius 3 is 1.17 bits per heavy atom. The fourth-order valence-corrected chi connectivity index (χ4v) is 2.82. The summed E-state index contributed by atoms with van der Waals surface area (Å²) in [7, 11) is 0. The van der Waals surface area contributed by atoms with Crippen LogP contribution in [0.3, 0.4) is 0 Å². The van der Waals surface area contributed by atoms with Crippen LogP contribution in [-0.2, 0) is 9.47 Å². The van der Waals surface area contributed by atoms with Crippen LogP contribution in [0.4, 0.5) is 4.79 Å². The van der Waals surface area contributed by atoms with E-state index in [1.54, 1.807) is 0 Å². The Hall–Kier alpha value is -0.730. The van der Waals surface area contributed by atoms with Crippen molar-refractivity contribution in [3.63, 3.8) is 0 Å². The second-order valence-corrected chi connectivity index (χ2v) is 6.90. The third-order valence-electron chi connectivity index (χ3n) is 4.44. The summed E-state index contributed by atoms with van der Waals surface area (Å²) in [5.41, 5.74) is 0. The van der Waals surface area contributed by atoms with Gasteiger partial charge in [-0.3, -0.25) is 0 Å². The van der Waals surface area contributed by atoms with Crippen molar-refractivity contribution in [2.24, 2.45) is 0 Å².